The van der Waals surface area contributed by atoms with Gasteiger partial charge in [0.15, 0.2) is 0 Å². The number of aryl methyl sites for hydroxylation is 1. The predicted octanol–water partition coefficient (Wildman–Crippen LogP) is 6.76. The van der Waals surface area contributed by atoms with Gasteiger partial charge >= 0.3 is 12.4 Å². The molecule has 2 aromatic carbocycles. The Bertz CT molecular complexity index is 1580. The van der Waals surface area contributed by atoms with E-state index >= 15 is 0 Å². The SMILES string of the molecule is Cc1cc(F)ccc1-c1cc([C@H]2CN(C)C(=O)[C@@H]2CO)ncc1N(C)C(=O)C(C)(C)c1cc(C(F)(F)F)cc(C(F)(F)F)c1.Cl. The Morgan fingerprint density at radius 3 is 2.04 bits per heavy atom. The molecule has 1 saturated heterocycles. The lowest BCUT2D eigenvalue weighted by molar-refractivity contribution is -0.143. The zero-order valence-corrected chi connectivity index (χ0v) is 25.7. The zero-order valence-electron chi connectivity index (χ0n) is 24.8. The summed E-state index contributed by atoms with van der Waals surface area (Å²) in [7, 11) is 2.89. The standard InChI is InChI=1S/C31H30F7N3O3.ClH/c1-16-8-20(32)6-7-21(16)22-12-25(23-14-40(4)27(43)24(23)15-42)39-13-26(22)41(5)28(44)29(2,3)17-9-18(30(33,34)35)11-19(10-17)31(36,37)38;/h6-13,23-24,42H,14-15H2,1-5H3;1H/t23-,24+;/m0./s1. The molecule has 0 unspecified atom stereocenters. The van der Waals surface area contributed by atoms with Gasteiger partial charge in [-0.25, -0.2) is 4.39 Å². The number of carbonyl (C=O) groups excluding carboxylic acids is 2. The number of aliphatic hydroxyl groups excluding tert-OH is 1. The summed E-state index contributed by atoms with van der Waals surface area (Å²) >= 11 is 0. The van der Waals surface area contributed by atoms with E-state index in [-0.39, 0.29) is 36.6 Å². The van der Waals surface area contributed by atoms with Gasteiger partial charge in [0.1, 0.15) is 5.82 Å². The van der Waals surface area contributed by atoms with Crippen LogP contribution in [0, 0.1) is 18.7 Å². The van der Waals surface area contributed by atoms with Crippen LogP contribution in [0.4, 0.5) is 36.4 Å². The molecule has 2 atom stereocenters. The van der Waals surface area contributed by atoms with Crippen molar-refractivity contribution in [2.45, 2.75) is 44.5 Å². The van der Waals surface area contributed by atoms with Gasteiger partial charge in [0.25, 0.3) is 0 Å². The van der Waals surface area contributed by atoms with Gasteiger partial charge in [-0.15, -0.1) is 12.4 Å². The van der Waals surface area contributed by atoms with Crippen LogP contribution >= 0.6 is 12.4 Å². The third-order valence-electron chi connectivity index (χ3n) is 8.12. The fourth-order valence-electron chi connectivity index (χ4n) is 5.52. The van der Waals surface area contributed by atoms with Crippen molar-refractivity contribution in [3.63, 3.8) is 0 Å². The molecule has 1 N–H and O–H groups in total. The molecule has 1 aliphatic heterocycles. The molecular weight excluding hydrogens is 631 g/mol. The smallest absolute Gasteiger partial charge is 0.396 e. The number of amides is 2. The third kappa shape index (κ3) is 6.94. The third-order valence-corrected chi connectivity index (χ3v) is 8.12. The first-order valence-corrected chi connectivity index (χ1v) is 13.5. The van der Waals surface area contributed by atoms with Crippen LogP contribution in [0.2, 0.25) is 0 Å². The van der Waals surface area contributed by atoms with E-state index in [2.05, 4.69) is 4.98 Å². The molecule has 3 aromatic rings. The van der Waals surface area contributed by atoms with Crippen molar-refractivity contribution in [1.29, 1.82) is 0 Å². The van der Waals surface area contributed by atoms with Crippen molar-refractivity contribution in [3.05, 3.63) is 82.4 Å². The second-order valence-corrected chi connectivity index (χ2v) is 11.5. The van der Waals surface area contributed by atoms with Crippen LogP contribution < -0.4 is 4.90 Å². The van der Waals surface area contributed by atoms with Crippen molar-refractivity contribution in [1.82, 2.24) is 9.88 Å². The maximum absolute atomic E-state index is 14.0. The number of benzene rings is 2. The molecule has 2 heterocycles. The fourth-order valence-corrected chi connectivity index (χ4v) is 5.52. The number of hydrogen-bond acceptors (Lipinski definition) is 4. The highest BCUT2D eigenvalue weighted by Gasteiger charge is 2.42. The predicted molar refractivity (Wildman–Crippen MR) is 155 cm³/mol. The van der Waals surface area contributed by atoms with E-state index in [9.17, 15) is 45.4 Å². The number of aliphatic hydroxyl groups is 1. The molecule has 1 aliphatic rings. The second-order valence-electron chi connectivity index (χ2n) is 11.5. The molecule has 244 valence electrons. The van der Waals surface area contributed by atoms with E-state index in [0.29, 0.717) is 34.5 Å². The number of likely N-dealkylation sites (tertiary alicyclic amines) is 1. The van der Waals surface area contributed by atoms with Crippen molar-refractivity contribution < 1.29 is 45.4 Å². The van der Waals surface area contributed by atoms with Crippen molar-refractivity contribution in [2.75, 3.05) is 32.1 Å². The molecule has 0 aliphatic carbocycles. The number of aromatic nitrogens is 1. The highest BCUT2D eigenvalue weighted by atomic mass is 35.5. The molecular formula is C31H31ClF7N3O3. The largest absolute Gasteiger partial charge is 0.416 e. The molecule has 0 saturated carbocycles. The lowest BCUT2D eigenvalue weighted by atomic mass is 9.81. The molecule has 6 nitrogen and oxygen atoms in total. The first-order valence-electron chi connectivity index (χ1n) is 13.5. The summed E-state index contributed by atoms with van der Waals surface area (Å²) in [5.74, 6) is -2.95. The number of carbonyl (C=O) groups is 2. The summed E-state index contributed by atoms with van der Waals surface area (Å²) < 4.78 is 95.5. The van der Waals surface area contributed by atoms with Crippen LogP contribution in [0.3, 0.4) is 0 Å². The zero-order chi connectivity index (χ0) is 32.9. The van der Waals surface area contributed by atoms with Crippen molar-refractivity contribution in [2.24, 2.45) is 5.92 Å². The van der Waals surface area contributed by atoms with Gasteiger partial charge < -0.3 is 14.9 Å². The maximum atomic E-state index is 14.0. The highest BCUT2D eigenvalue weighted by molar-refractivity contribution is 6.03. The summed E-state index contributed by atoms with van der Waals surface area (Å²) in [5.41, 5.74) is -3.64. The quantitative estimate of drug-likeness (QED) is 0.297. The summed E-state index contributed by atoms with van der Waals surface area (Å²) in [6, 6.07) is 6.56. The van der Waals surface area contributed by atoms with Crippen molar-refractivity contribution >= 4 is 29.9 Å². The Morgan fingerprint density at radius 2 is 1.53 bits per heavy atom. The lowest BCUT2D eigenvalue weighted by Gasteiger charge is -2.32. The van der Waals surface area contributed by atoms with E-state index in [1.807, 2.05) is 0 Å². The first-order chi connectivity index (χ1) is 20.3. The van der Waals surface area contributed by atoms with Gasteiger partial charge in [0.2, 0.25) is 11.8 Å². The molecule has 4 rings (SSSR count). The minimum atomic E-state index is -5.10. The van der Waals surface area contributed by atoms with Gasteiger partial charge in [-0.3, -0.25) is 14.6 Å². The minimum absolute atomic E-state index is 0. The number of hydrogen-bond donors (Lipinski definition) is 1. The summed E-state index contributed by atoms with van der Waals surface area (Å²) in [6.45, 7) is 3.87. The van der Waals surface area contributed by atoms with E-state index in [1.165, 1.54) is 50.2 Å². The van der Waals surface area contributed by atoms with Crippen LogP contribution in [0.5, 0.6) is 0 Å². The van der Waals surface area contributed by atoms with Gasteiger partial charge in [0, 0.05) is 37.8 Å². The number of anilines is 1. The van der Waals surface area contributed by atoms with Crippen LogP contribution in [0.15, 0.2) is 48.7 Å². The number of nitrogens with zero attached hydrogens (tertiary/aromatic N) is 3. The molecule has 0 radical (unpaired) electrons. The van der Waals surface area contributed by atoms with Crippen LogP contribution in [0.1, 0.15) is 47.7 Å². The molecule has 2 amide bonds. The second kappa shape index (κ2) is 12.6. The Balaban J connectivity index is 0.00000552. The average molecular weight is 662 g/mol. The Kier molecular flexibility index (Phi) is 10.0. The molecule has 1 fully saturated rings. The minimum Gasteiger partial charge on any atom is -0.396 e. The number of halogens is 8. The number of pyridine rings is 1. The Morgan fingerprint density at radius 1 is 0.978 bits per heavy atom. The molecule has 45 heavy (non-hydrogen) atoms. The fraction of sp³-hybridized carbons (Fsp3) is 0.387. The summed E-state index contributed by atoms with van der Waals surface area (Å²) in [6.07, 6.45) is -8.89. The van der Waals surface area contributed by atoms with E-state index < -0.39 is 64.6 Å². The van der Waals surface area contributed by atoms with Crippen LogP contribution in [-0.4, -0.2) is 54.1 Å². The summed E-state index contributed by atoms with van der Waals surface area (Å²) in [4.78, 5) is 33.5. The summed E-state index contributed by atoms with van der Waals surface area (Å²) in [5, 5.41) is 9.89. The van der Waals surface area contributed by atoms with E-state index in [1.54, 1.807) is 20.0 Å². The van der Waals surface area contributed by atoms with E-state index in [0.717, 1.165) is 4.90 Å². The molecule has 0 spiro atoms. The molecule has 0 bridgehead atoms. The monoisotopic (exact) mass is 661 g/mol. The lowest BCUT2D eigenvalue weighted by Crippen LogP contribution is -2.42. The van der Waals surface area contributed by atoms with Gasteiger partial charge in [0.05, 0.1) is 41.0 Å². The average Bonchev–Trinajstić information content (AvgIpc) is 3.23. The highest BCUT2D eigenvalue weighted by Crippen LogP contribution is 2.42. The van der Waals surface area contributed by atoms with Gasteiger partial charge in [-0.1, -0.05) is 6.07 Å². The number of rotatable bonds is 6. The van der Waals surface area contributed by atoms with Gasteiger partial charge in [-0.05, 0) is 73.9 Å². The maximum Gasteiger partial charge on any atom is 0.416 e. The van der Waals surface area contributed by atoms with Crippen LogP contribution in [-0.2, 0) is 27.4 Å². The molecule has 1 aromatic heterocycles. The normalized spacial score (nSPS) is 17.4. The number of likely N-dealkylation sites (N-methyl/N-ethyl adjacent to an activating group) is 2. The Labute approximate surface area is 261 Å². The topological polar surface area (TPSA) is 73.7 Å². The van der Waals surface area contributed by atoms with Crippen molar-refractivity contribution in [3.8, 4) is 11.1 Å². The molecule has 14 heteroatoms. The number of alkyl halides is 6. The van der Waals surface area contributed by atoms with Gasteiger partial charge in [-0.2, -0.15) is 26.3 Å². The van der Waals surface area contributed by atoms with E-state index in [4.69, 9.17) is 0 Å². The Hall–Kier alpha value is -3.71. The first kappa shape index (κ1) is 35.8. The van der Waals surface area contributed by atoms with Crippen LogP contribution in [0.25, 0.3) is 11.1 Å².